The van der Waals surface area contributed by atoms with Crippen molar-refractivity contribution in [2.75, 3.05) is 13.7 Å². The van der Waals surface area contributed by atoms with Crippen molar-refractivity contribution in [2.24, 2.45) is 0 Å². The molecule has 90 valence electrons. The fourth-order valence-corrected chi connectivity index (χ4v) is 1.67. The molecule has 0 N–H and O–H groups in total. The van der Waals surface area contributed by atoms with Crippen LogP contribution in [0.2, 0.25) is 0 Å². The lowest BCUT2D eigenvalue weighted by molar-refractivity contribution is 0.0895. The molecule has 0 fully saturated rings. The van der Waals surface area contributed by atoms with Gasteiger partial charge in [0, 0.05) is 18.7 Å². The molecular weight excluding hydrogens is 221 g/mol. The second-order valence-corrected chi connectivity index (χ2v) is 3.84. The number of hydrogen-bond acceptors (Lipinski definition) is 3. The topological polar surface area (TPSA) is 31.4 Å². The summed E-state index contributed by atoms with van der Waals surface area (Å²) in [5.74, 6) is -0.216. The number of pyridine rings is 1. The van der Waals surface area contributed by atoms with Crippen molar-refractivity contribution in [1.29, 1.82) is 0 Å². The van der Waals surface area contributed by atoms with Gasteiger partial charge in [0.15, 0.2) is 11.6 Å². The Labute approximate surface area is 99.2 Å². The predicted octanol–water partition coefficient (Wildman–Crippen LogP) is 2.79. The molecule has 2 rings (SSSR count). The molecule has 0 aliphatic rings. The molecule has 1 aromatic heterocycles. The lowest BCUT2D eigenvalue weighted by atomic mass is 10.2. The molecule has 0 bridgehead atoms. The number of aromatic nitrogens is 1. The number of methoxy groups -OCH3 is 1. The molecule has 0 aliphatic heterocycles. The highest BCUT2D eigenvalue weighted by Gasteiger charge is 2.12. The summed E-state index contributed by atoms with van der Waals surface area (Å²) in [5.41, 5.74) is 0.328. The standard InChI is InChI=1S/C13H14FNO2/c1-9(8-16-2)17-11-6-5-10-4-3-7-15-13(10)12(11)14/h3-7,9H,8H2,1-2H3/t9-/m1/s1. The molecule has 17 heavy (non-hydrogen) atoms. The molecule has 0 spiro atoms. The van der Waals surface area contributed by atoms with Crippen molar-refractivity contribution in [1.82, 2.24) is 4.98 Å². The Morgan fingerprint density at radius 1 is 1.35 bits per heavy atom. The average Bonchev–Trinajstić information content (AvgIpc) is 2.33. The van der Waals surface area contributed by atoms with Gasteiger partial charge in [0.25, 0.3) is 0 Å². The van der Waals surface area contributed by atoms with Crippen LogP contribution in [0.4, 0.5) is 4.39 Å². The van der Waals surface area contributed by atoms with Crippen molar-refractivity contribution >= 4 is 10.9 Å². The summed E-state index contributed by atoms with van der Waals surface area (Å²) < 4.78 is 24.4. The van der Waals surface area contributed by atoms with Crippen LogP contribution in [0.25, 0.3) is 10.9 Å². The fraction of sp³-hybridized carbons (Fsp3) is 0.308. The summed E-state index contributed by atoms with van der Waals surface area (Å²) in [4.78, 5) is 4.01. The fourth-order valence-electron chi connectivity index (χ4n) is 1.67. The van der Waals surface area contributed by atoms with Gasteiger partial charge in [0.2, 0.25) is 0 Å². The molecule has 4 heteroatoms. The van der Waals surface area contributed by atoms with Crippen molar-refractivity contribution in [3.63, 3.8) is 0 Å². The number of rotatable bonds is 4. The number of ether oxygens (including phenoxy) is 2. The van der Waals surface area contributed by atoms with Gasteiger partial charge < -0.3 is 9.47 Å². The lowest BCUT2D eigenvalue weighted by Gasteiger charge is -2.14. The van der Waals surface area contributed by atoms with Gasteiger partial charge in [-0.25, -0.2) is 4.39 Å². The Morgan fingerprint density at radius 3 is 2.94 bits per heavy atom. The van der Waals surface area contributed by atoms with Crippen molar-refractivity contribution in [3.05, 3.63) is 36.3 Å². The van der Waals surface area contributed by atoms with Crippen LogP contribution in [-0.4, -0.2) is 24.8 Å². The Bertz CT molecular complexity index is 516. The van der Waals surface area contributed by atoms with E-state index < -0.39 is 5.82 Å². The van der Waals surface area contributed by atoms with E-state index in [2.05, 4.69) is 4.98 Å². The second-order valence-electron chi connectivity index (χ2n) is 3.84. The average molecular weight is 235 g/mol. The van der Waals surface area contributed by atoms with Crippen LogP contribution >= 0.6 is 0 Å². The molecule has 1 aromatic carbocycles. The molecule has 1 heterocycles. The highest BCUT2D eigenvalue weighted by atomic mass is 19.1. The first-order valence-electron chi connectivity index (χ1n) is 5.41. The molecule has 0 radical (unpaired) electrons. The first kappa shape index (κ1) is 11.8. The van der Waals surface area contributed by atoms with Crippen LogP contribution in [-0.2, 0) is 4.74 Å². The van der Waals surface area contributed by atoms with Crippen LogP contribution in [0.3, 0.4) is 0 Å². The maximum Gasteiger partial charge on any atom is 0.191 e. The van der Waals surface area contributed by atoms with Crippen LogP contribution in [0.1, 0.15) is 6.92 Å². The van der Waals surface area contributed by atoms with E-state index in [1.54, 1.807) is 31.5 Å². The normalized spacial score (nSPS) is 12.6. The smallest absolute Gasteiger partial charge is 0.191 e. The zero-order valence-electron chi connectivity index (χ0n) is 9.81. The Balaban J connectivity index is 2.32. The summed E-state index contributed by atoms with van der Waals surface area (Å²) in [6.45, 7) is 2.24. The lowest BCUT2D eigenvalue weighted by Crippen LogP contribution is -2.18. The Kier molecular flexibility index (Phi) is 3.54. The number of fused-ring (bicyclic) bond motifs is 1. The van der Waals surface area contributed by atoms with Gasteiger partial charge >= 0.3 is 0 Å². The number of halogens is 1. The summed E-state index contributed by atoms with van der Waals surface area (Å²) in [6, 6.07) is 7.00. The van der Waals surface area contributed by atoms with E-state index in [-0.39, 0.29) is 11.9 Å². The van der Waals surface area contributed by atoms with E-state index in [9.17, 15) is 4.39 Å². The molecule has 0 saturated heterocycles. The van der Waals surface area contributed by atoms with E-state index in [0.717, 1.165) is 5.39 Å². The number of benzene rings is 1. The molecule has 0 amide bonds. The van der Waals surface area contributed by atoms with Crippen molar-refractivity contribution in [3.8, 4) is 5.75 Å². The maximum atomic E-state index is 14.0. The molecule has 2 aromatic rings. The predicted molar refractivity (Wildman–Crippen MR) is 63.7 cm³/mol. The first-order valence-corrected chi connectivity index (χ1v) is 5.41. The largest absolute Gasteiger partial charge is 0.485 e. The van der Waals surface area contributed by atoms with Crippen molar-refractivity contribution < 1.29 is 13.9 Å². The summed E-state index contributed by atoms with van der Waals surface area (Å²) in [5, 5.41) is 0.761. The third kappa shape index (κ3) is 2.53. The monoisotopic (exact) mass is 235 g/mol. The Hall–Kier alpha value is -1.68. The minimum atomic E-state index is -0.425. The van der Waals surface area contributed by atoms with Crippen LogP contribution in [0.5, 0.6) is 5.75 Å². The zero-order valence-corrected chi connectivity index (χ0v) is 9.81. The molecule has 0 saturated carbocycles. The second kappa shape index (κ2) is 5.10. The summed E-state index contributed by atoms with van der Waals surface area (Å²) >= 11 is 0. The molecule has 3 nitrogen and oxygen atoms in total. The van der Waals surface area contributed by atoms with E-state index in [1.807, 2.05) is 13.0 Å². The summed E-state index contributed by atoms with van der Waals surface area (Å²) in [6.07, 6.45) is 1.36. The van der Waals surface area contributed by atoms with Gasteiger partial charge in [-0.2, -0.15) is 0 Å². The van der Waals surface area contributed by atoms with Gasteiger partial charge in [-0.05, 0) is 25.1 Å². The highest BCUT2D eigenvalue weighted by Crippen LogP contribution is 2.25. The van der Waals surface area contributed by atoms with Crippen LogP contribution in [0.15, 0.2) is 30.5 Å². The molecule has 1 atom stereocenters. The van der Waals surface area contributed by atoms with Gasteiger partial charge in [-0.1, -0.05) is 6.07 Å². The molecule has 0 unspecified atom stereocenters. The number of hydrogen-bond donors (Lipinski definition) is 0. The zero-order chi connectivity index (χ0) is 12.3. The van der Waals surface area contributed by atoms with Crippen LogP contribution in [0, 0.1) is 5.82 Å². The number of nitrogens with zero attached hydrogens (tertiary/aromatic N) is 1. The summed E-state index contributed by atoms with van der Waals surface area (Å²) in [7, 11) is 1.58. The molecular formula is C13H14FNO2. The highest BCUT2D eigenvalue weighted by molar-refractivity contribution is 5.80. The maximum absolute atomic E-state index is 14.0. The quantitative estimate of drug-likeness (QED) is 0.816. The minimum Gasteiger partial charge on any atom is -0.485 e. The third-order valence-corrected chi connectivity index (χ3v) is 2.41. The third-order valence-electron chi connectivity index (χ3n) is 2.41. The minimum absolute atomic E-state index is 0.198. The Morgan fingerprint density at radius 2 is 2.18 bits per heavy atom. The molecule has 0 aliphatic carbocycles. The SMILES string of the molecule is COC[C@@H](C)Oc1ccc2cccnc2c1F. The van der Waals surface area contributed by atoms with Crippen molar-refractivity contribution in [2.45, 2.75) is 13.0 Å². The van der Waals surface area contributed by atoms with E-state index in [4.69, 9.17) is 9.47 Å². The van der Waals surface area contributed by atoms with E-state index in [0.29, 0.717) is 12.1 Å². The van der Waals surface area contributed by atoms with E-state index in [1.165, 1.54) is 0 Å². The van der Waals surface area contributed by atoms with Gasteiger partial charge in [0.1, 0.15) is 11.6 Å². The van der Waals surface area contributed by atoms with Gasteiger partial charge in [-0.15, -0.1) is 0 Å². The van der Waals surface area contributed by atoms with Gasteiger partial charge in [0.05, 0.1) is 6.61 Å². The van der Waals surface area contributed by atoms with E-state index >= 15 is 0 Å². The van der Waals surface area contributed by atoms with Gasteiger partial charge in [-0.3, -0.25) is 4.98 Å². The first-order chi connectivity index (χ1) is 8.22. The van der Waals surface area contributed by atoms with Crippen LogP contribution < -0.4 is 4.74 Å².